The van der Waals surface area contributed by atoms with Crippen molar-refractivity contribution in [3.05, 3.63) is 18.2 Å². The second-order valence-corrected chi connectivity index (χ2v) is 6.52. The van der Waals surface area contributed by atoms with Crippen molar-refractivity contribution >= 4 is 21.4 Å². The monoisotopic (exact) mass is 271 g/mol. The summed E-state index contributed by atoms with van der Waals surface area (Å²) in [5.41, 5.74) is 6.75. The Morgan fingerprint density at radius 1 is 1.33 bits per heavy atom. The molecule has 0 fully saturated rings. The third-order valence-electron chi connectivity index (χ3n) is 3.46. The Labute approximate surface area is 109 Å². The van der Waals surface area contributed by atoms with Crippen LogP contribution < -0.4 is 15.8 Å². The molecule has 0 spiro atoms. The summed E-state index contributed by atoms with van der Waals surface area (Å²) in [7, 11) is -1.81. The molecule has 18 heavy (non-hydrogen) atoms. The average Bonchev–Trinajstić information content (AvgIpc) is 2.26. The highest BCUT2D eigenvalue weighted by Gasteiger charge is 2.22. The SMILES string of the molecule is CCC(C)(C)N(C)c1ccc(S(N)(=O)=O)c(N)c1. The first-order chi connectivity index (χ1) is 8.09. The Hall–Kier alpha value is -1.27. The van der Waals surface area contributed by atoms with E-state index in [-0.39, 0.29) is 16.1 Å². The van der Waals surface area contributed by atoms with Crippen LogP contribution >= 0.6 is 0 Å². The number of rotatable bonds is 4. The van der Waals surface area contributed by atoms with Crippen molar-refractivity contribution in [2.45, 2.75) is 37.6 Å². The van der Waals surface area contributed by atoms with Crippen molar-refractivity contribution < 1.29 is 8.42 Å². The van der Waals surface area contributed by atoms with Gasteiger partial charge in [-0.1, -0.05) is 6.92 Å². The van der Waals surface area contributed by atoms with Gasteiger partial charge in [0.05, 0.1) is 5.69 Å². The molecule has 0 aliphatic heterocycles. The van der Waals surface area contributed by atoms with Crippen LogP contribution in [0.5, 0.6) is 0 Å². The molecule has 5 nitrogen and oxygen atoms in total. The maximum Gasteiger partial charge on any atom is 0.240 e. The van der Waals surface area contributed by atoms with Crippen LogP contribution in [0.4, 0.5) is 11.4 Å². The molecule has 0 amide bonds. The number of nitrogens with zero attached hydrogens (tertiary/aromatic N) is 1. The molecule has 0 aliphatic rings. The van der Waals surface area contributed by atoms with E-state index < -0.39 is 10.0 Å². The van der Waals surface area contributed by atoms with Gasteiger partial charge < -0.3 is 10.6 Å². The summed E-state index contributed by atoms with van der Waals surface area (Å²) < 4.78 is 22.5. The highest BCUT2D eigenvalue weighted by atomic mass is 32.2. The Balaban J connectivity index is 3.21. The van der Waals surface area contributed by atoms with Crippen molar-refractivity contribution in [2.75, 3.05) is 17.7 Å². The number of hydrogen-bond acceptors (Lipinski definition) is 4. The number of nitrogens with two attached hydrogens (primary N) is 2. The Bertz CT molecular complexity index is 538. The second-order valence-electron chi connectivity index (χ2n) is 4.99. The fourth-order valence-electron chi connectivity index (χ4n) is 1.59. The van der Waals surface area contributed by atoms with Gasteiger partial charge in [0.25, 0.3) is 0 Å². The van der Waals surface area contributed by atoms with Crippen LogP contribution in [0.15, 0.2) is 23.1 Å². The van der Waals surface area contributed by atoms with Crippen LogP contribution in [0.1, 0.15) is 27.2 Å². The van der Waals surface area contributed by atoms with Gasteiger partial charge in [0.15, 0.2) is 0 Å². The lowest BCUT2D eigenvalue weighted by Crippen LogP contribution is -2.40. The molecule has 4 N–H and O–H groups in total. The second kappa shape index (κ2) is 4.78. The predicted octanol–water partition coefficient (Wildman–Crippen LogP) is 1.54. The number of primary sulfonamides is 1. The van der Waals surface area contributed by atoms with Crippen molar-refractivity contribution in [3.8, 4) is 0 Å². The van der Waals surface area contributed by atoms with Gasteiger partial charge in [0.2, 0.25) is 10.0 Å². The minimum Gasteiger partial charge on any atom is -0.398 e. The van der Waals surface area contributed by atoms with E-state index in [1.165, 1.54) is 6.07 Å². The summed E-state index contributed by atoms with van der Waals surface area (Å²) in [5, 5.41) is 5.07. The molecule has 0 unspecified atom stereocenters. The van der Waals surface area contributed by atoms with Gasteiger partial charge >= 0.3 is 0 Å². The van der Waals surface area contributed by atoms with Gasteiger partial charge in [-0.15, -0.1) is 0 Å². The molecule has 0 aliphatic carbocycles. The van der Waals surface area contributed by atoms with E-state index in [0.717, 1.165) is 12.1 Å². The van der Waals surface area contributed by atoms with Crippen LogP contribution in [0, 0.1) is 0 Å². The summed E-state index contributed by atoms with van der Waals surface area (Å²) in [4.78, 5) is 2.03. The molecule has 1 rings (SSSR count). The van der Waals surface area contributed by atoms with Crippen LogP contribution in [-0.2, 0) is 10.0 Å². The molecule has 0 radical (unpaired) electrons. The predicted molar refractivity (Wildman–Crippen MR) is 75.0 cm³/mol. The topological polar surface area (TPSA) is 89.4 Å². The van der Waals surface area contributed by atoms with E-state index in [4.69, 9.17) is 10.9 Å². The lowest BCUT2D eigenvalue weighted by molar-refractivity contribution is 0.471. The molecule has 102 valence electrons. The molecule has 6 heteroatoms. The van der Waals surface area contributed by atoms with Crippen LogP contribution in [-0.4, -0.2) is 21.0 Å². The normalized spacial score (nSPS) is 12.5. The first kappa shape index (κ1) is 14.8. The number of hydrogen-bond donors (Lipinski definition) is 2. The summed E-state index contributed by atoms with van der Waals surface area (Å²) in [6.45, 7) is 6.31. The Morgan fingerprint density at radius 2 is 1.89 bits per heavy atom. The van der Waals surface area contributed by atoms with Crippen molar-refractivity contribution in [3.63, 3.8) is 0 Å². The Morgan fingerprint density at radius 3 is 2.28 bits per heavy atom. The van der Waals surface area contributed by atoms with Gasteiger partial charge in [-0.25, -0.2) is 13.6 Å². The number of anilines is 2. The van der Waals surface area contributed by atoms with Crippen LogP contribution in [0.3, 0.4) is 0 Å². The first-order valence-electron chi connectivity index (χ1n) is 5.75. The molecule has 0 heterocycles. The van der Waals surface area contributed by atoms with Gasteiger partial charge in [-0.3, -0.25) is 0 Å². The molecule has 0 saturated carbocycles. The standard InChI is InChI=1S/C12H21N3O2S/c1-5-12(2,3)15(4)9-6-7-11(10(13)8-9)18(14,16)17/h6-8H,5,13H2,1-4H3,(H2,14,16,17). The fourth-order valence-corrected chi connectivity index (χ4v) is 2.24. The summed E-state index contributed by atoms with van der Waals surface area (Å²) >= 11 is 0. The van der Waals surface area contributed by atoms with E-state index >= 15 is 0 Å². The highest BCUT2D eigenvalue weighted by Crippen LogP contribution is 2.28. The minimum absolute atomic E-state index is 0.0322. The molecular weight excluding hydrogens is 250 g/mol. The summed E-state index contributed by atoms with van der Waals surface area (Å²) in [6, 6.07) is 4.80. The highest BCUT2D eigenvalue weighted by molar-refractivity contribution is 7.89. The van der Waals surface area contributed by atoms with E-state index in [2.05, 4.69) is 25.7 Å². The van der Waals surface area contributed by atoms with Gasteiger partial charge in [-0.05, 0) is 38.5 Å². The number of benzene rings is 1. The van der Waals surface area contributed by atoms with Gasteiger partial charge in [-0.2, -0.15) is 0 Å². The van der Waals surface area contributed by atoms with E-state index in [0.29, 0.717) is 0 Å². The molecule has 1 aromatic carbocycles. The quantitative estimate of drug-likeness (QED) is 0.813. The molecule has 0 aromatic heterocycles. The zero-order valence-corrected chi connectivity index (χ0v) is 12.1. The van der Waals surface area contributed by atoms with E-state index in [1.54, 1.807) is 12.1 Å². The largest absolute Gasteiger partial charge is 0.398 e. The molecule has 0 atom stereocenters. The maximum atomic E-state index is 11.3. The maximum absolute atomic E-state index is 11.3. The van der Waals surface area contributed by atoms with Crippen molar-refractivity contribution in [1.82, 2.24) is 0 Å². The number of nitrogen functional groups attached to an aromatic ring is 1. The molecule has 0 saturated heterocycles. The summed E-state index contributed by atoms with van der Waals surface area (Å²) in [6.07, 6.45) is 0.959. The fraction of sp³-hybridized carbons (Fsp3) is 0.500. The Kier molecular flexibility index (Phi) is 3.92. The minimum atomic E-state index is -3.76. The van der Waals surface area contributed by atoms with E-state index in [9.17, 15) is 8.42 Å². The van der Waals surface area contributed by atoms with Crippen molar-refractivity contribution in [1.29, 1.82) is 0 Å². The third-order valence-corrected chi connectivity index (χ3v) is 4.45. The van der Waals surface area contributed by atoms with Crippen LogP contribution in [0.2, 0.25) is 0 Å². The first-order valence-corrected chi connectivity index (χ1v) is 7.30. The van der Waals surface area contributed by atoms with Gasteiger partial charge in [0.1, 0.15) is 4.90 Å². The van der Waals surface area contributed by atoms with E-state index in [1.807, 2.05) is 7.05 Å². The summed E-state index contributed by atoms with van der Waals surface area (Å²) in [5.74, 6) is 0. The van der Waals surface area contributed by atoms with Crippen molar-refractivity contribution in [2.24, 2.45) is 5.14 Å². The number of sulfonamides is 1. The average molecular weight is 271 g/mol. The molecular formula is C12H21N3O2S. The lowest BCUT2D eigenvalue weighted by atomic mass is 9.99. The smallest absolute Gasteiger partial charge is 0.240 e. The lowest BCUT2D eigenvalue weighted by Gasteiger charge is -2.37. The molecule has 0 bridgehead atoms. The zero-order valence-electron chi connectivity index (χ0n) is 11.3. The van der Waals surface area contributed by atoms with Gasteiger partial charge in [0, 0.05) is 18.3 Å². The zero-order chi connectivity index (χ0) is 14.1. The molecule has 1 aromatic rings. The third kappa shape index (κ3) is 2.94. The van der Waals surface area contributed by atoms with Crippen LogP contribution in [0.25, 0.3) is 0 Å².